The molecule has 0 atom stereocenters. The topological polar surface area (TPSA) is 63.6 Å². The van der Waals surface area contributed by atoms with Crippen molar-refractivity contribution in [2.24, 2.45) is 0 Å². The second-order valence-electron chi connectivity index (χ2n) is 3.59. The average molecular weight is 250 g/mol. The van der Waals surface area contributed by atoms with E-state index >= 15 is 0 Å². The van der Waals surface area contributed by atoms with Crippen LogP contribution in [0.3, 0.4) is 0 Å². The number of anilines is 1. The van der Waals surface area contributed by atoms with Crippen LogP contribution in [0.4, 0.5) is 5.82 Å². The van der Waals surface area contributed by atoms with E-state index < -0.39 is 0 Å². The van der Waals surface area contributed by atoms with E-state index in [1.54, 1.807) is 6.20 Å². The van der Waals surface area contributed by atoms with Crippen molar-refractivity contribution in [2.45, 2.75) is 20.4 Å². The fraction of sp³-hybridized carbons (Fsp3) is 0.273. The van der Waals surface area contributed by atoms with Crippen molar-refractivity contribution >= 4 is 17.4 Å². The largest absolute Gasteiger partial charge is 0.364 e. The molecule has 5 nitrogen and oxygen atoms in total. The summed E-state index contributed by atoms with van der Waals surface area (Å²) in [7, 11) is 0. The molecule has 2 rings (SSSR count). The Morgan fingerprint density at radius 1 is 1.24 bits per heavy atom. The minimum atomic E-state index is 0.460. The van der Waals surface area contributed by atoms with Crippen molar-refractivity contribution in [3.63, 3.8) is 0 Å². The third kappa shape index (κ3) is 2.88. The maximum atomic E-state index is 5.90. The Bertz CT molecular complexity index is 529. The van der Waals surface area contributed by atoms with E-state index in [9.17, 15) is 0 Å². The Morgan fingerprint density at radius 3 is 2.82 bits per heavy atom. The zero-order valence-electron chi connectivity index (χ0n) is 9.61. The van der Waals surface area contributed by atoms with Gasteiger partial charge in [0.05, 0.1) is 12.2 Å². The lowest BCUT2D eigenvalue weighted by Crippen LogP contribution is -2.06. The first-order valence-electron chi connectivity index (χ1n) is 5.16. The lowest BCUT2D eigenvalue weighted by Gasteiger charge is -2.08. The monoisotopic (exact) mass is 249 g/mol. The molecule has 0 radical (unpaired) electrons. The summed E-state index contributed by atoms with van der Waals surface area (Å²) in [6.07, 6.45) is 3.17. The molecule has 17 heavy (non-hydrogen) atoms. The Balaban J connectivity index is 2.10. The fourth-order valence-corrected chi connectivity index (χ4v) is 1.52. The molecule has 0 fully saturated rings. The quantitative estimate of drug-likeness (QED) is 0.845. The van der Waals surface area contributed by atoms with Gasteiger partial charge >= 0.3 is 0 Å². The molecule has 2 aromatic rings. The van der Waals surface area contributed by atoms with Crippen LogP contribution in [0, 0.1) is 13.8 Å². The molecule has 0 aromatic carbocycles. The van der Waals surface area contributed by atoms with Gasteiger partial charge < -0.3 is 5.32 Å². The molecule has 0 amide bonds. The van der Waals surface area contributed by atoms with Crippen LogP contribution in [-0.4, -0.2) is 19.9 Å². The minimum Gasteiger partial charge on any atom is -0.364 e. The van der Waals surface area contributed by atoms with Gasteiger partial charge in [0, 0.05) is 11.8 Å². The van der Waals surface area contributed by atoms with Gasteiger partial charge in [-0.1, -0.05) is 11.6 Å². The molecule has 0 saturated heterocycles. The van der Waals surface area contributed by atoms with Gasteiger partial charge in [-0.15, -0.1) is 0 Å². The summed E-state index contributed by atoms with van der Waals surface area (Å²) in [5, 5.41) is 3.63. The molecular weight excluding hydrogens is 238 g/mol. The van der Waals surface area contributed by atoms with Crippen molar-refractivity contribution < 1.29 is 0 Å². The number of hydrogen-bond donors (Lipinski definition) is 1. The first-order valence-corrected chi connectivity index (χ1v) is 5.54. The maximum absolute atomic E-state index is 5.90. The van der Waals surface area contributed by atoms with Gasteiger partial charge in [0.2, 0.25) is 0 Å². The summed E-state index contributed by atoms with van der Waals surface area (Å²) in [5.74, 6) is 1.48. The lowest BCUT2D eigenvalue weighted by atomic mass is 10.3. The van der Waals surface area contributed by atoms with Crippen LogP contribution in [0.15, 0.2) is 18.6 Å². The smallest absolute Gasteiger partial charge is 0.137 e. The number of hydrogen-bond acceptors (Lipinski definition) is 5. The van der Waals surface area contributed by atoms with Gasteiger partial charge in [-0.25, -0.2) is 19.9 Å². The highest BCUT2D eigenvalue weighted by atomic mass is 35.5. The number of nitrogens with one attached hydrogen (secondary N) is 1. The molecule has 88 valence electrons. The van der Waals surface area contributed by atoms with Crippen LogP contribution >= 0.6 is 11.6 Å². The summed E-state index contributed by atoms with van der Waals surface area (Å²) in [4.78, 5) is 16.4. The van der Waals surface area contributed by atoms with Gasteiger partial charge in [0.15, 0.2) is 0 Å². The molecule has 0 saturated carbocycles. The predicted octanol–water partition coefficient (Wildman–Crippen LogP) is 2.15. The zero-order valence-corrected chi connectivity index (χ0v) is 10.4. The van der Waals surface area contributed by atoms with Gasteiger partial charge in [0.25, 0.3) is 0 Å². The summed E-state index contributed by atoms with van der Waals surface area (Å²) in [6, 6.07) is 1.86. The molecule has 6 heteroatoms. The summed E-state index contributed by atoms with van der Waals surface area (Å²) >= 11 is 5.90. The van der Waals surface area contributed by atoms with Gasteiger partial charge in [-0.05, 0) is 19.9 Å². The number of rotatable bonds is 3. The van der Waals surface area contributed by atoms with Gasteiger partial charge in [0.1, 0.15) is 23.1 Å². The van der Waals surface area contributed by atoms with Crippen molar-refractivity contribution in [2.75, 3.05) is 5.32 Å². The minimum absolute atomic E-state index is 0.460. The highest BCUT2D eigenvalue weighted by Crippen LogP contribution is 2.18. The predicted molar refractivity (Wildman–Crippen MR) is 65.9 cm³/mol. The molecule has 0 aliphatic heterocycles. The standard InChI is InChI=1S/C11H12ClN5/c1-7-10(12)15-6-16-11(7)14-5-9-3-4-13-8(2)17-9/h3-4,6H,5H2,1-2H3,(H,14,15,16). The normalized spacial score (nSPS) is 10.3. The Morgan fingerprint density at radius 2 is 2.06 bits per heavy atom. The number of nitrogens with zero attached hydrogens (tertiary/aromatic N) is 4. The van der Waals surface area contributed by atoms with E-state index in [2.05, 4.69) is 25.3 Å². The molecule has 2 aromatic heterocycles. The summed E-state index contributed by atoms with van der Waals surface area (Å²) in [6.45, 7) is 4.31. The zero-order chi connectivity index (χ0) is 12.3. The highest BCUT2D eigenvalue weighted by Gasteiger charge is 2.04. The average Bonchev–Trinajstić information content (AvgIpc) is 2.31. The van der Waals surface area contributed by atoms with Crippen molar-refractivity contribution in [3.8, 4) is 0 Å². The van der Waals surface area contributed by atoms with Crippen LogP contribution in [0.25, 0.3) is 0 Å². The number of halogens is 1. The summed E-state index contributed by atoms with van der Waals surface area (Å²) < 4.78 is 0. The number of aryl methyl sites for hydroxylation is 1. The van der Waals surface area contributed by atoms with Crippen molar-refractivity contribution in [1.29, 1.82) is 0 Å². The Labute approximate surface area is 104 Å². The van der Waals surface area contributed by atoms with Gasteiger partial charge in [-0.2, -0.15) is 0 Å². The molecule has 2 heterocycles. The van der Waals surface area contributed by atoms with Crippen molar-refractivity contribution in [1.82, 2.24) is 19.9 Å². The maximum Gasteiger partial charge on any atom is 0.137 e. The van der Waals surface area contributed by atoms with Crippen LogP contribution in [0.2, 0.25) is 5.15 Å². The van der Waals surface area contributed by atoms with E-state index in [0.29, 0.717) is 11.7 Å². The molecule has 0 bridgehead atoms. The van der Waals surface area contributed by atoms with Crippen molar-refractivity contribution in [3.05, 3.63) is 40.8 Å². The van der Waals surface area contributed by atoms with Crippen LogP contribution in [0.1, 0.15) is 17.1 Å². The van der Waals surface area contributed by atoms with E-state index in [1.165, 1.54) is 6.33 Å². The molecule has 1 N–H and O–H groups in total. The van der Waals surface area contributed by atoms with E-state index in [1.807, 2.05) is 19.9 Å². The highest BCUT2D eigenvalue weighted by molar-refractivity contribution is 6.30. The second-order valence-corrected chi connectivity index (χ2v) is 3.94. The second kappa shape index (κ2) is 5.05. The molecule has 0 spiro atoms. The van der Waals surface area contributed by atoms with Crippen LogP contribution in [0.5, 0.6) is 0 Å². The summed E-state index contributed by atoms with van der Waals surface area (Å²) in [5.41, 5.74) is 1.74. The fourth-order valence-electron chi connectivity index (χ4n) is 1.38. The Hall–Kier alpha value is -1.75. The first-order chi connectivity index (χ1) is 8.16. The molecule has 0 aliphatic carbocycles. The SMILES string of the molecule is Cc1nccc(CNc2ncnc(Cl)c2C)n1. The number of aromatic nitrogens is 4. The lowest BCUT2D eigenvalue weighted by molar-refractivity contribution is 0.945. The third-order valence-electron chi connectivity index (χ3n) is 2.29. The van der Waals surface area contributed by atoms with E-state index in [4.69, 9.17) is 11.6 Å². The molecule has 0 aliphatic rings. The molecular formula is C11H12ClN5. The van der Waals surface area contributed by atoms with E-state index in [-0.39, 0.29) is 0 Å². The van der Waals surface area contributed by atoms with E-state index in [0.717, 1.165) is 22.9 Å². The first kappa shape index (κ1) is 11.7. The molecule has 0 unspecified atom stereocenters. The Kier molecular flexibility index (Phi) is 3.49. The van der Waals surface area contributed by atoms with Gasteiger partial charge in [-0.3, -0.25) is 0 Å². The van der Waals surface area contributed by atoms with Crippen LogP contribution in [-0.2, 0) is 6.54 Å². The van der Waals surface area contributed by atoms with Crippen LogP contribution < -0.4 is 5.32 Å². The third-order valence-corrected chi connectivity index (χ3v) is 2.67.